The average Bonchev–Trinajstić information content (AvgIpc) is 2.18. The lowest BCUT2D eigenvalue weighted by atomic mass is 10.1. The van der Waals surface area contributed by atoms with Gasteiger partial charge in [0, 0.05) is 11.2 Å². The van der Waals surface area contributed by atoms with Gasteiger partial charge in [-0.3, -0.25) is 0 Å². The number of aryl methyl sites for hydroxylation is 1. The molecule has 3 N–H and O–H groups in total. The summed E-state index contributed by atoms with van der Waals surface area (Å²) in [5.74, 6) is -1.02. The van der Waals surface area contributed by atoms with Crippen molar-refractivity contribution in [2.24, 2.45) is 0 Å². The van der Waals surface area contributed by atoms with E-state index in [0.29, 0.717) is 5.69 Å². The highest BCUT2D eigenvalue weighted by Crippen LogP contribution is 2.17. The van der Waals surface area contributed by atoms with Crippen LogP contribution in [0.1, 0.15) is 36.7 Å². The van der Waals surface area contributed by atoms with Crippen LogP contribution in [0.4, 0.5) is 10.5 Å². The second-order valence-corrected chi connectivity index (χ2v) is 5.16. The van der Waals surface area contributed by atoms with Crippen molar-refractivity contribution in [2.75, 3.05) is 5.32 Å². The van der Waals surface area contributed by atoms with E-state index in [9.17, 15) is 9.59 Å². The highest BCUT2D eigenvalue weighted by Gasteiger charge is 2.15. The van der Waals surface area contributed by atoms with Gasteiger partial charge in [-0.2, -0.15) is 0 Å². The molecule has 0 aliphatic carbocycles. The van der Waals surface area contributed by atoms with Crippen molar-refractivity contribution in [1.82, 2.24) is 5.32 Å². The molecule has 0 aliphatic heterocycles. The lowest BCUT2D eigenvalue weighted by Crippen LogP contribution is -2.43. The molecule has 1 aromatic rings. The Kier molecular flexibility index (Phi) is 3.96. The number of carboxylic acid groups (broad SMARTS) is 1. The predicted octanol–water partition coefficient (Wildman–Crippen LogP) is 2.61. The summed E-state index contributed by atoms with van der Waals surface area (Å²) in [7, 11) is 0. The van der Waals surface area contributed by atoms with Gasteiger partial charge in [0.1, 0.15) is 0 Å². The van der Waals surface area contributed by atoms with Crippen LogP contribution in [0.5, 0.6) is 0 Å². The zero-order chi connectivity index (χ0) is 13.9. The van der Waals surface area contributed by atoms with Gasteiger partial charge >= 0.3 is 12.0 Å². The van der Waals surface area contributed by atoms with E-state index >= 15 is 0 Å². The van der Waals surface area contributed by atoms with E-state index < -0.39 is 5.97 Å². The summed E-state index contributed by atoms with van der Waals surface area (Å²) in [6, 6.07) is 4.26. The van der Waals surface area contributed by atoms with Crippen molar-refractivity contribution >= 4 is 17.7 Å². The lowest BCUT2D eigenvalue weighted by Gasteiger charge is -2.21. The molecule has 5 nitrogen and oxygen atoms in total. The molecular weight excluding hydrogens is 232 g/mol. The quantitative estimate of drug-likeness (QED) is 0.755. The molecule has 0 saturated heterocycles. The highest BCUT2D eigenvalue weighted by molar-refractivity contribution is 5.94. The molecule has 5 heteroatoms. The fraction of sp³-hybridized carbons (Fsp3) is 0.385. The second kappa shape index (κ2) is 5.08. The molecule has 18 heavy (non-hydrogen) atoms. The van der Waals surface area contributed by atoms with Crippen molar-refractivity contribution < 1.29 is 14.7 Å². The Morgan fingerprint density at radius 2 is 1.83 bits per heavy atom. The van der Waals surface area contributed by atoms with Crippen LogP contribution in [0.2, 0.25) is 0 Å². The number of urea groups is 1. The lowest BCUT2D eigenvalue weighted by molar-refractivity contribution is 0.0697. The fourth-order valence-electron chi connectivity index (χ4n) is 1.38. The SMILES string of the molecule is Cc1ccc(C(=O)O)cc1NC(=O)NC(C)(C)C. The molecule has 0 aromatic heterocycles. The Hall–Kier alpha value is -2.04. The van der Waals surface area contributed by atoms with Crippen LogP contribution in [0.25, 0.3) is 0 Å². The number of hydrogen-bond donors (Lipinski definition) is 3. The zero-order valence-electron chi connectivity index (χ0n) is 11.0. The van der Waals surface area contributed by atoms with Crippen molar-refractivity contribution in [3.8, 4) is 0 Å². The summed E-state index contributed by atoms with van der Waals surface area (Å²) in [4.78, 5) is 22.5. The van der Waals surface area contributed by atoms with Crippen molar-refractivity contribution in [2.45, 2.75) is 33.2 Å². The molecule has 0 spiro atoms. The Morgan fingerprint density at radius 3 is 2.33 bits per heavy atom. The maximum absolute atomic E-state index is 11.7. The van der Waals surface area contributed by atoms with E-state index in [2.05, 4.69) is 10.6 Å². The predicted molar refractivity (Wildman–Crippen MR) is 70.0 cm³/mol. The first kappa shape index (κ1) is 14.0. The summed E-state index contributed by atoms with van der Waals surface area (Å²) in [5, 5.41) is 14.3. The molecule has 0 unspecified atom stereocenters. The molecule has 1 aromatic carbocycles. The molecule has 98 valence electrons. The number of anilines is 1. The van der Waals surface area contributed by atoms with Crippen LogP contribution < -0.4 is 10.6 Å². The van der Waals surface area contributed by atoms with Crippen LogP contribution in [-0.2, 0) is 0 Å². The number of benzene rings is 1. The largest absolute Gasteiger partial charge is 0.478 e. The van der Waals surface area contributed by atoms with Crippen LogP contribution in [0, 0.1) is 6.92 Å². The normalized spacial score (nSPS) is 10.9. The molecule has 0 radical (unpaired) electrons. The molecular formula is C13H18N2O3. The van der Waals surface area contributed by atoms with Gasteiger partial charge in [-0.25, -0.2) is 9.59 Å². The van der Waals surface area contributed by atoms with E-state index in [4.69, 9.17) is 5.11 Å². The van der Waals surface area contributed by atoms with Gasteiger partial charge in [-0.05, 0) is 45.4 Å². The maximum Gasteiger partial charge on any atom is 0.335 e. The first-order valence-electron chi connectivity index (χ1n) is 5.62. The second-order valence-electron chi connectivity index (χ2n) is 5.16. The molecule has 0 fully saturated rings. The topological polar surface area (TPSA) is 78.4 Å². The number of carbonyl (C=O) groups is 2. The first-order chi connectivity index (χ1) is 8.19. The molecule has 0 heterocycles. The fourth-order valence-corrected chi connectivity index (χ4v) is 1.38. The van der Waals surface area contributed by atoms with Crippen LogP contribution in [-0.4, -0.2) is 22.6 Å². The van der Waals surface area contributed by atoms with Gasteiger partial charge in [-0.1, -0.05) is 6.07 Å². The summed E-state index contributed by atoms with van der Waals surface area (Å²) in [6.07, 6.45) is 0. The number of aromatic carboxylic acids is 1. The minimum Gasteiger partial charge on any atom is -0.478 e. The minimum absolute atomic E-state index is 0.145. The van der Waals surface area contributed by atoms with Crippen molar-refractivity contribution in [3.05, 3.63) is 29.3 Å². The summed E-state index contributed by atoms with van der Waals surface area (Å²) >= 11 is 0. The van der Waals surface area contributed by atoms with E-state index in [-0.39, 0.29) is 17.1 Å². The summed E-state index contributed by atoms with van der Waals surface area (Å²) in [6.45, 7) is 7.41. The standard InChI is InChI=1S/C13H18N2O3/c1-8-5-6-9(11(16)17)7-10(8)14-12(18)15-13(2,3)4/h5-7H,1-4H3,(H,16,17)(H2,14,15,18). The van der Waals surface area contributed by atoms with Crippen LogP contribution in [0.15, 0.2) is 18.2 Å². The third kappa shape index (κ3) is 4.08. The number of hydrogen-bond acceptors (Lipinski definition) is 2. The van der Waals surface area contributed by atoms with Gasteiger partial charge in [0.25, 0.3) is 0 Å². The smallest absolute Gasteiger partial charge is 0.335 e. The Balaban J connectivity index is 2.87. The molecule has 1 rings (SSSR count). The Bertz CT molecular complexity index is 476. The maximum atomic E-state index is 11.7. The Morgan fingerprint density at radius 1 is 1.22 bits per heavy atom. The molecule has 0 saturated carbocycles. The van der Waals surface area contributed by atoms with Crippen molar-refractivity contribution in [3.63, 3.8) is 0 Å². The van der Waals surface area contributed by atoms with Gasteiger partial charge < -0.3 is 15.7 Å². The number of amides is 2. The molecule has 0 atom stereocenters. The Labute approximate surface area is 106 Å². The molecule has 0 bridgehead atoms. The van der Waals surface area contributed by atoms with Gasteiger partial charge in [0.15, 0.2) is 0 Å². The van der Waals surface area contributed by atoms with Crippen LogP contribution in [0.3, 0.4) is 0 Å². The number of carbonyl (C=O) groups excluding carboxylic acids is 1. The monoisotopic (exact) mass is 250 g/mol. The van der Waals surface area contributed by atoms with Gasteiger partial charge in [0.2, 0.25) is 0 Å². The van der Waals surface area contributed by atoms with Crippen molar-refractivity contribution in [1.29, 1.82) is 0 Å². The third-order valence-electron chi connectivity index (χ3n) is 2.22. The zero-order valence-corrected chi connectivity index (χ0v) is 11.0. The van der Waals surface area contributed by atoms with Gasteiger partial charge in [0.05, 0.1) is 5.56 Å². The average molecular weight is 250 g/mol. The third-order valence-corrected chi connectivity index (χ3v) is 2.22. The van der Waals surface area contributed by atoms with Gasteiger partial charge in [-0.15, -0.1) is 0 Å². The molecule has 0 aliphatic rings. The first-order valence-corrected chi connectivity index (χ1v) is 5.62. The van der Waals surface area contributed by atoms with Crippen LogP contribution >= 0.6 is 0 Å². The highest BCUT2D eigenvalue weighted by atomic mass is 16.4. The minimum atomic E-state index is -1.02. The number of nitrogens with one attached hydrogen (secondary N) is 2. The van der Waals surface area contributed by atoms with E-state index in [0.717, 1.165) is 5.56 Å². The molecule has 2 amide bonds. The number of rotatable bonds is 2. The summed E-state index contributed by atoms with van der Waals surface area (Å²) in [5.41, 5.74) is 1.11. The van der Waals surface area contributed by atoms with E-state index in [1.807, 2.05) is 20.8 Å². The summed E-state index contributed by atoms with van der Waals surface area (Å²) < 4.78 is 0. The van der Waals surface area contributed by atoms with E-state index in [1.165, 1.54) is 12.1 Å². The number of carboxylic acids is 1. The van der Waals surface area contributed by atoms with E-state index in [1.54, 1.807) is 13.0 Å².